The van der Waals surface area contributed by atoms with Crippen LogP contribution in [-0.4, -0.2) is 40.6 Å². The highest BCUT2D eigenvalue weighted by atomic mass is 16.2. The van der Waals surface area contributed by atoms with Crippen LogP contribution < -0.4 is 16.4 Å². The summed E-state index contributed by atoms with van der Waals surface area (Å²) in [6.07, 6.45) is 2.43. The van der Waals surface area contributed by atoms with Gasteiger partial charge in [-0.25, -0.2) is 0 Å². The molecule has 7 heteroatoms. The monoisotopic (exact) mass is 329 g/mol. The van der Waals surface area contributed by atoms with Crippen LogP contribution in [0.2, 0.25) is 0 Å². The lowest BCUT2D eigenvalue weighted by atomic mass is 9.96. The molecule has 1 atom stereocenters. The Labute approximate surface area is 140 Å². The van der Waals surface area contributed by atoms with E-state index in [9.17, 15) is 9.59 Å². The van der Waals surface area contributed by atoms with E-state index < -0.39 is 0 Å². The second-order valence-electron chi connectivity index (χ2n) is 6.57. The Balaban J connectivity index is 1.51. The van der Waals surface area contributed by atoms with E-state index in [1.54, 1.807) is 0 Å². The van der Waals surface area contributed by atoms with Gasteiger partial charge in [0, 0.05) is 24.9 Å². The lowest BCUT2D eigenvalue weighted by Crippen LogP contribution is -2.53. The molecule has 3 rings (SSSR count). The van der Waals surface area contributed by atoms with Crippen LogP contribution in [0.4, 0.5) is 0 Å². The normalized spacial score (nSPS) is 16.6. The zero-order valence-corrected chi connectivity index (χ0v) is 13.8. The molecule has 0 aliphatic heterocycles. The lowest BCUT2D eigenvalue weighted by Gasteiger charge is -2.29. The minimum Gasteiger partial charge on any atom is -0.350 e. The molecule has 128 valence electrons. The fourth-order valence-electron chi connectivity index (χ4n) is 2.93. The Morgan fingerprint density at radius 2 is 2.12 bits per heavy atom. The van der Waals surface area contributed by atoms with Gasteiger partial charge in [0.2, 0.25) is 5.91 Å². The number of para-hydroxylation sites is 1. The van der Waals surface area contributed by atoms with Crippen molar-refractivity contribution in [2.24, 2.45) is 11.7 Å². The molecule has 1 aromatic carbocycles. The summed E-state index contributed by atoms with van der Waals surface area (Å²) in [7, 11) is 0. The van der Waals surface area contributed by atoms with Gasteiger partial charge in [0.15, 0.2) is 5.69 Å². The SMILES string of the molecule is CC(CN)(NC(=O)CCNC(=O)c1n[nH]c2ccccc12)C1CC1. The maximum Gasteiger partial charge on any atom is 0.272 e. The summed E-state index contributed by atoms with van der Waals surface area (Å²) in [6, 6.07) is 7.43. The Hall–Kier alpha value is -2.41. The molecular formula is C17H23N5O2. The fourth-order valence-corrected chi connectivity index (χ4v) is 2.93. The summed E-state index contributed by atoms with van der Waals surface area (Å²) < 4.78 is 0. The summed E-state index contributed by atoms with van der Waals surface area (Å²) in [6.45, 7) is 2.67. The first kappa shape index (κ1) is 16.4. The summed E-state index contributed by atoms with van der Waals surface area (Å²) in [5, 5.41) is 13.4. The van der Waals surface area contributed by atoms with Crippen LogP contribution in [0.5, 0.6) is 0 Å². The number of hydrogen-bond acceptors (Lipinski definition) is 4. The third kappa shape index (κ3) is 3.41. The maximum absolute atomic E-state index is 12.2. The summed E-state index contributed by atoms with van der Waals surface area (Å²) in [5.41, 5.74) is 6.61. The van der Waals surface area contributed by atoms with Crippen molar-refractivity contribution in [2.75, 3.05) is 13.1 Å². The largest absolute Gasteiger partial charge is 0.350 e. The van der Waals surface area contributed by atoms with Crippen molar-refractivity contribution in [1.29, 1.82) is 0 Å². The van der Waals surface area contributed by atoms with Crippen LogP contribution in [0.15, 0.2) is 24.3 Å². The number of carbonyl (C=O) groups excluding carboxylic acids is 2. The highest BCUT2D eigenvalue weighted by molar-refractivity contribution is 6.04. The van der Waals surface area contributed by atoms with Crippen LogP contribution in [0, 0.1) is 5.92 Å². The van der Waals surface area contributed by atoms with Gasteiger partial charge >= 0.3 is 0 Å². The number of hydrogen-bond donors (Lipinski definition) is 4. The second kappa shape index (κ2) is 6.60. The number of amides is 2. The number of benzene rings is 1. The van der Waals surface area contributed by atoms with Gasteiger partial charge in [-0.3, -0.25) is 14.7 Å². The van der Waals surface area contributed by atoms with Gasteiger partial charge in [-0.05, 0) is 31.7 Å². The number of carbonyl (C=O) groups is 2. The molecule has 1 fully saturated rings. The van der Waals surface area contributed by atoms with E-state index in [1.165, 1.54) is 0 Å². The first-order valence-electron chi connectivity index (χ1n) is 8.26. The highest BCUT2D eigenvalue weighted by Gasteiger charge is 2.41. The molecule has 5 N–H and O–H groups in total. The van der Waals surface area contributed by atoms with Gasteiger partial charge in [0.25, 0.3) is 5.91 Å². The number of fused-ring (bicyclic) bond motifs is 1. The standard InChI is InChI=1S/C17H23N5O2/c1-17(10-18,11-6-7-11)20-14(23)8-9-19-16(24)15-12-4-2-3-5-13(12)21-22-15/h2-5,11H,6-10,18H2,1H3,(H,19,24)(H,20,23)(H,21,22). The molecule has 2 amide bonds. The van der Waals surface area contributed by atoms with Gasteiger partial charge < -0.3 is 16.4 Å². The Bertz CT molecular complexity index is 752. The Morgan fingerprint density at radius 3 is 2.83 bits per heavy atom. The number of nitrogens with two attached hydrogens (primary N) is 1. The molecule has 7 nitrogen and oxygen atoms in total. The van der Waals surface area contributed by atoms with Gasteiger partial charge in [-0.1, -0.05) is 18.2 Å². The molecule has 1 aromatic heterocycles. The summed E-state index contributed by atoms with van der Waals surface area (Å²) in [4.78, 5) is 24.3. The van der Waals surface area contributed by atoms with Gasteiger partial charge in [0.05, 0.1) is 11.1 Å². The van der Waals surface area contributed by atoms with E-state index in [-0.39, 0.29) is 30.3 Å². The van der Waals surface area contributed by atoms with Gasteiger partial charge in [0.1, 0.15) is 0 Å². The van der Waals surface area contributed by atoms with Crippen molar-refractivity contribution >= 4 is 22.7 Å². The van der Waals surface area contributed by atoms with E-state index in [0.717, 1.165) is 23.7 Å². The van der Waals surface area contributed by atoms with Crippen molar-refractivity contribution in [3.63, 3.8) is 0 Å². The predicted molar refractivity (Wildman–Crippen MR) is 91.4 cm³/mol. The average molecular weight is 329 g/mol. The molecule has 1 saturated carbocycles. The minimum atomic E-state index is -0.334. The number of nitrogens with one attached hydrogen (secondary N) is 3. The number of aromatic amines is 1. The highest BCUT2D eigenvalue weighted by Crippen LogP contribution is 2.38. The van der Waals surface area contributed by atoms with Crippen LogP contribution in [0.25, 0.3) is 10.9 Å². The third-order valence-electron chi connectivity index (χ3n) is 4.65. The molecule has 0 spiro atoms. The fraction of sp³-hybridized carbons (Fsp3) is 0.471. The quantitative estimate of drug-likeness (QED) is 0.605. The molecule has 0 bridgehead atoms. The van der Waals surface area contributed by atoms with Crippen LogP contribution >= 0.6 is 0 Å². The van der Waals surface area contributed by atoms with E-state index in [1.807, 2.05) is 31.2 Å². The van der Waals surface area contributed by atoms with Crippen molar-refractivity contribution in [3.8, 4) is 0 Å². The second-order valence-corrected chi connectivity index (χ2v) is 6.57. The zero-order chi connectivity index (χ0) is 17.2. The molecule has 1 heterocycles. The molecule has 24 heavy (non-hydrogen) atoms. The number of rotatable bonds is 7. The van der Waals surface area contributed by atoms with E-state index in [0.29, 0.717) is 18.2 Å². The first-order chi connectivity index (χ1) is 11.5. The van der Waals surface area contributed by atoms with Gasteiger partial charge in [-0.2, -0.15) is 5.10 Å². The number of aromatic nitrogens is 2. The third-order valence-corrected chi connectivity index (χ3v) is 4.65. The summed E-state index contributed by atoms with van der Waals surface area (Å²) >= 11 is 0. The van der Waals surface area contributed by atoms with Crippen LogP contribution in [-0.2, 0) is 4.79 Å². The van der Waals surface area contributed by atoms with Crippen molar-refractivity contribution in [1.82, 2.24) is 20.8 Å². The van der Waals surface area contributed by atoms with Crippen LogP contribution in [0.1, 0.15) is 36.7 Å². The summed E-state index contributed by atoms with van der Waals surface area (Å²) in [5.74, 6) is 0.0857. The van der Waals surface area contributed by atoms with Crippen LogP contribution in [0.3, 0.4) is 0 Å². The first-order valence-corrected chi connectivity index (χ1v) is 8.26. The Kier molecular flexibility index (Phi) is 4.53. The predicted octanol–water partition coefficient (Wildman–Crippen LogP) is 0.926. The van der Waals surface area contributed by atoms with Gasteiger partial charge in [-0.15, -0.1) is 0 Å². The Morgan fingerprint density at radius 1 is 1.38 bits per heavy atom. The van der Waals surface area contributed by atoms with E-state index >= 15 is 0 Å². The number of H-pyrrole nitrogens is 1. The minimum absolute atomic E-state index is 0.0953. The van der Waals surface area contributed by atoms with Crippen molar-refractivity contribution < 1.29 is 9.59 Å². The maximum atomic E-state index is 12.2. The van der Waals surface area contributed by atoms with E-state index in [2.05, 4.69) is 20.8 Å². The molecular weight excluding hydrogens is 306 g/mol. The molecule has 1 aliphatic rings. The van der Waals surface area contributed by atoms with E-state index in [4.69, 9.17) is 5.73 Å². The molecule has 0 radical (unpaired) electrons. The average Bonchev–Trinajstić information content (AvgIpc) is 3.35. The number of nitrogens with zero attached hydrogens (tertiary/aromatic N) is 1. The van der Waals surface area contributed by atoms with Crippen molar-refractivity contribution in [2.45, 2.75) is 31.7 Å². The molecule has 1 aliphatic carbocycles. The molecule has 1 unspecified atom stereocenters. The molecule has 0 saturated heterocycles. The topological polar surface area (TPSA) is 113 Å². The molecule has 2 aromatic rings. The van der Waals surface area contributed by atoms with Crippen molar-refractivity contribution in [3.05, 3.63) is 30.0 Å². The lowest BCUT2D eigenvalue weighted by molar-refractivity contribution is -0.122. The zero-order valence-electron chi connectivity index (χ0n) is 13.8. The smallest absolute Gasteiger partial charge is 0.272 e.